The number of benzene rings is 2. The van der Waals surface area contributed by atoms with Gasteiger partial charge in [-0.1, -0.05) is 32.4 Å². The lowest BCUT2D eigenvalue weighted by molar-refractivity contribution is -0.384. The molecule has 2 fully saturated rings. The number of amides is 2. The largest absolute Gasteiger partial charge is 0.371 e. The van der Waals surface area contributed by atoms with Crippen LogP contribution in [0.15, 0.2) is 36.4 Å². The van der Waals surface area contributed by atoms with Crippen molar-refractivity contribution in [3.05, 3.63) is 57.1 Å². The van der Waals surface area contributed by atoms with Gasteiger partial charge < -0.3 is 20.0 Å². The maximum absolute atomic E-state index is 13.2. The molecule has 2 N–H and O–H groups in total. The summed E-state index contributed by atoms with van der Waals surface area (Å²) in [5, 5.41) is 17.6. The first-order valence-corrected chi connectivity index (χ1v) is 14.3. The van der Waals surface area contributed by atoms with Gasteiger partial charge in [-0.15, -0.1) is 0 Å². The van der Waals surface area contributed by atoms with Crippen molar-refractivity contribution in [2.75, 3.05) is 54.4 Å². The van der Waals surface area contributed by atoms with Gasteiger partial charge in [-0.3, -0.25) is 25.0 Å². The fourth-order valence-electron chi connectivity index (χ4n) is 5.05. The summed E-state index contributed by atoms with van der Waals surface area (Å²) in [4.78, 5) is 42.5. The molecule has 0 saturated carbocycles. The number of rotatable bonds is 6. The number of anilines is 3. The molecule has 0 atom stereocenters. The smallest absolute Gasteiger partial charge is 0.270 e. The van der Waals surface area contributed by atoms with Gasteiger partial charge in [-0.2, -0.15) is 0 Å². The van der Waals surface area contributed by atoms with Gasteiger partial charge in [0.05, 0.1) is 26.9 Å². The molecule has 40 heavy (non-hydrogen) atoms. The Labute approximate surface area is 244 Å². The molecule has 0 unspecified atom stereocenters. The number of carbonyl (C=O) groups is 2. The Morgan fingerprint density at radius 2 is 1.62 bits per heavy atom. The molecule has 2 aromatic rings. The van der Waals surface area contributed by atoms with Gasteiger partial charge in [0.2, 0.25) is 5.91 Å². The first kappa shape index (κ1) is 29.5. The molecule has 2 saturated heterocycles. The molecule has 10 nitrogen and oxygen atoms in total. The zero-order chi connectivity index (χ0) is 29.0. The maximum Gasteiger partial charge on any atom is 0.270 e. The molecular weight excluding hydrogens is 552 g/mol. The number of piperidine rings is 1. The topological polar surface area (TPSA) is 111 Å². The molecular formula is C28H35ClN6O4S. The average Bonchev–Trinajstić information content (AvgIpc) is 2.93. The van der Waals surface area contributed by atoms with Crippen LogP contribution in [0.3, 0.4) is 0 Å². The Morgan fingerprint density at radius 3 is 2.23 bits per heavy atom. The van der Waals surface area contributed by atoms with Crippen LogP contribution in [0.5, 0.6) is 0 Å². The summed E-state index contributed by atoms with van der Waals surface area (Å²) >= 11 is 12.0. The number of nitro benzene ring substituents is 1. The first-order chi connectivity index (χ1) is 19.0. The van der Waals surface area contributed by atoms with Crippen molar-refractivity contribution in [2.24, 2.45) is 11.8 Å². The Bertz CT molecular complexity index is 1290. The Balaban J connectivity index is 1.41. The SMILES string of the molecule is CC1CCN(c2ccc([N+](=O)[O-])cc2C(=O)NC(=S)Nc2ccc(N3CCN(C(=O)C(C)C)CC3)c(Cl)c2)CC1. The molecule has 0 radical (unpaired) electrons. The maximum atomic E-state index is 13.2. The van der Waals surface area contributed by atoms with Crippen LogP contribution in [0.25, 0.3) is 0 Å². The number of non-ortho nitro benzene ring substituents is 1. The van der Waals surface area contributed by atoms with E-state index in [0.29, 0.717) is 48.5 Å². The minimum absolute atomic E-state index is 0.0259. The molecule has 12 heteroatoms. The van der Waals surface area contributed by atoms with E-state index in [0.717, 1.165) is 31.6 Å². The van der Waals surface area contributed by atoms with Crippen molar-refractivity contribution >= 4 is 63.5 Å². The minimum atomic E-state index is -0.522. The first-order valence-electron chi connectivity index (χ1n) is 13.5. The van der Waals surface area contributed by atoms with Gasteiger partial charge in [-0.05, 0) is 55.2 Å². The van der Waals surface area contributed by atoms with Crippen LogP contribution in [0.4, 0.5) is 22.7 Å². The van der Waals surface area contributed by atoms with Crippen molar-refractivity contribution in [1.29, 1.82) is 0 Å². The standard InChI is InChI=1S/C28H35ClN6O4S/c1-18(2)27(37)34-14-12-33(13-15-34)25-6-4-20(16-23(25)29)30-28(40)31-26(36)22-17-21(35(38)39)5-7-24(22)32-10-8-19(3)9-11-32/h4-7,16-19H,8-15H2,1-3H3,(H2,30,31,36,40). The average molecular weight is 587 g/mol. The summed E-state index contributed by atoms with van der Waals surface area (Å²) in [5.74, 6) is 0.206. The van der Waals surface area contributed by atoms with Crippen molar-refractivity contribution < 1.29 is 14.5 Å². The molecule has 2 amide bonds. The predicted octanol–water partition coefficient (Wildman–Crippen LogP) is 4.92. The molecule has 4 rings (SSSR count). The van der Waals surface area contributed by atoms with Gasteiger partial charge in [0.1, 0.15) is 0 Å². The highest BCUT2D eigenvalue weighted by atomic mass is 35.5. The van der Waals surface area contributed by atoms with E-state index in [1.165, 1.54) is 12.1 Å². The molecule has 2 aliphatic heterocycles. The Kier molecular flexibility index (Phi) is 9.47. The molecule has 2 heterocycles. The molecule has 0 aromatic heterocycles. The van der Waals surface area contributed by atoms with E-state index in [9.17, 15) is 19.7 Å². The van der Waals surface area contributed by atoms with Crippen molar-refractivity contribution in [2.45, 2.75) is 33.6 Å². The Hall–Kier alpha value is -3.44. The van der Waals surface area contributed by atoms with E-state index in [4.69, 9.17) is 23.8 Å². The van der Waals surface area contributed by atoms with Crippen LogP contribution in [-0.4, -0.2) is 66.0 Å². The lowest BCUT2D eigenvalue weighted by atomic mass is 9.98. The Morgan fingerprint density at radius 1 is 1.00 bits per heavy atom. The second kappa shape index (κ2) is 12.8. The van der Waals surface area contributed by atoms with Crippen molar-refractivity contribution in [1.82, 2.24) is 10.2 Å². The highest BCUT2D eigenvalue weighted by molar-refractivity contribution is 7.80. The molecule has 2 aromatic carbocycles. The van der Waals surface area contributed by atoms with Gasteiger partial charge in [0.15, 0.2) is 5.11 Å². The van der Waals surface area contributed by atoms with Crippen LogP contribution < -0.4 is 20.4 Å². The van der Waals surface area contributed by atoms with Crippen LogP contribution in [0, 0.1) is 22.0 Å². The third kappa shape index (κ3) is 7.00. The van der Waals surface area contributed by atoms with E-state index in [2.05, 4.69) is 27.4 Å². The van der Waals surface area contributed by atoms with E-state index < -0.39 is 10.8 Å². The summed E-state index contributed by atoms with van der Waals surface area (Å²) in [6, 6.07) is 9.78. The van der Waals surface area contributed by atoms with Crippen LogP contribution in [0.2, 0.25) is 5.02 Å². The molecule has 214 valence electrons. The highest BCUT2D eigenvalue weighted by Crippen LogP contribution is 2.31. The summed E-state index contributed by atoms with van der Waals surface area (Å²) < 4.78 is 0. The number of piperazine rings is 1. The summed E-state index contributed by atoms with van der Waals surface area (Å²) in [6.45, 7) is 10.2. The third-order valence-corrected chi connectivity index (χ3v) is 7.93. The second-order valence-corrected chi connectivity index (χ2v) is 11.5. The number of nitro groups is 1. The van der Waals surface area contributed by atoms with E-state index >= 15 is 0 Å². The summed E-state index contributed by atoms with van der Waals surface area (Å²) in [5.41, 5.74) is 2.15. The summed E-state index contributed by atoms with van der Waals surface area (Å²) in [6.07, 6.45) is 1.97. The number of halogens is 1. The zero-order valence-corrected chi connectivity index (χ0v) is 24.6. The van der Waals surface area contributed by atoms with Crippen LogP contribution >= 0.6 is 23.8 Å². The number of nitrogens with zero attached hydrogens (tertiary/aromatic N) is 4. The number of nitrogens with one attached hydrogen (secondary N) is 2. The van der Waals surface area contributed by atoms with E-state index in [-0.39, 0.29) is 28.2 Å². The van der Waals surface area contributed by atoms with E-state index in [1.54, 1.807) is 12.1 Å². The third-order valence-electron chi connectivity index (χ3n) is 7.42. The van der Waals surface area contributed by atoms with Crippen LogP contribution in [-0.2, 0) is 4.79 Å². The fourth-order valence-corrected chi connectivity index (χ4v) is 5.56. The number of hydrogen-bond acceptors (Lipinski definition) is 7. The lowest BCUT2D eigenvalue weighted by Crippen LogP contribution is -2.50. The van der Waals surface area contributed by atoms with Crippen molar-refractivity contribution in [3.8, 4) is 0 Å². The van der Waals surface area contributed by atoms with Gasteiger partial charge in [0.25, 0.3) is 11.6 Å². The number of thiocarbonyl (C=S) groups is 1. The zero-order valence-electron chi connectivity index (χ0n) is 23.0. The monoisotopic (exact) mass is 586 g/mol. The highest BCUT2D eigenvalue weighted by Gasteiger charge is 2.25. The molecule has 0 aliphatic carbocycles. The second-order valence-electron chi connectivity index (χ2n) is 10.7. The van der Waals surface area contributed by atoms with Gasteiger partial charge in [-0.25, -0.2) is 0 Å². The molecule has 2 aliphatic rings. The van der Waals surface area contributed by atoms with Gasteiger partial charge in [0, 0.05) is 63.0 Å². The lowest BCUT2D eigenvalue weighted by Gasteiger charge is -2.37. The molecule has 0 bridgehead atoms. The van der Waals surface area contributed by atoms with Crippen molar-refractivity contribution in [3.63, 3.8) is 0 Å². The van der Waals surface area contributed by atoms with Gasteiger partial charge >= 0.3 is 0 Å². The van der Waals surface area contributed by atoms with Crippen LogP contribution in [0.1, 0.15) is 44.0 Å². The number of hydrogen-bond donors (Lipinski definition) is 2. The molecule has 0 spiro atoms. The number of carbonyl (C=O) groups excluding carboxylic acids is 2. The predicted molar refractivity (Wildman–Crippen MR) is 162 cm³/mol. The normalized spacial score (nSPS) is 16.2. The fraction of sp³-hybridized carbons (Fsp3) is 0.464. The quantitative estimate of drug-likeness (QED) is 0.279. The minimum Gasteiger partial charge on any atom is -0.371 e. The van der Waals surface area contributed by atoms with E-state index in [1.807, 2.05) is 30.9 Å². The summed E-state index contributed by atoms with van der Waals surface area (Å²) in [7, 11) is 0.